The Morgan fingerprint density at radius 1 is 1.33 bits per heavy atom. The summed E-state index contributed by atoms with van der Waals surface area (Å²) in [4.78, 5) is 23.2. The first-order valence-corrected chi connectivity index (χ1v) is 7.04. The van der Waals surface area contributed by atoms with Gasteiger partial charge in [0.1, 0.15) is 0 Å². The van der Waals surface area contributed by atoms with Crippen LogP contribution in [0.4, 0.5) is 11.4 Å². The van der Waals surface area contributed by atoms with Gasteiger partial charge >= 0.3 is 0 Å². The van der Waals surface area contributed by atoms with E-state index >= 15 is 0 Å². The Morgan fingerprint density at radius 2 is 2.05 bits per heavy atom. The third kappa shape index (κ3) is 4.54. The SMILES string of the molecule is CC(=O)Nc1cccc(NC(=O)CC2COCCN2)c1C. The highest BCUT2D eigenvalue weighted by molar-refractivity contribution is 5.95. The zero-order chi connectivity index (χ0) is 15.2. The molecule has 1 aromatic carbocycles. The molecule has 0 spiro atoms. The Labute approximate surface area is 124 Å². The van der Waals surface area contributed by atoms with Crippen molar-refractivity contribution in [3.63, 3.8) is 0 Å². The van der Waals surface area contributed by atoms with Crippen LogP contribution in [0.25, 0.3) is 0 Å². The Kier molecular flexibility index (Phi) is 5.30. The summed E-state index contributed by atoms with van der Waals surface area (Å²) >= 11 is 0. The summed E-state index contributed by atoms with van der Waals surface area (Å²) in [6.45, 7) is 5.34. The smallest absolute Gasteiger partial charge is 0.226 e. The van der Waals surface area contributed by atoms with Gasteiger partial charge in [-0.3, -0.25) is 9.59 Å². The van der Waals surface area contributed by atoms with Gasteiger partial charge in [0, 0.05) is 37.3 Å². The molecule has 1 aliphatic heterocycles. The van der Waals surface area contributed by atoms with Crippen LogP contribution >= 0.6 is 0 Å². The van der Waals surface area contributed by atoms with Crippen LogP contribution in [-0.4, -0.2) is 37.6 Å². The average molecular weight is 291 g/mol. The number of morpholine rings is 1. The van der Waals surface area contributed by atoms with E-state index in [-0.39, 0.29) is 17.9 Å². The number of hydrogen-bond acceptors (Lipinski definition) is 4. The highest BCUT2D eigenvalue weighted by atomic mass is 16.5. The molecular weight excluding hydrogens is 270 g/mol. The van der Waals surface area contributed by atoms with Crippen molar-refractivity contribution in [3.8, 4) is 0 Å². The lowest BCUT2D eigenvalue weighted by molar-refractivity contribution is -0.117. The maximum Gasteiger partial charge on any atom is 0.226 e. The number of carbonyl (C=O) groups is 2. The normalized spacial score (nSPS) is 18.1. The van der Waals surface area contributed by atoms with Gasteiger partial charge < -0.3 is 20.7 Å². The minimum atomic E-state index is -0.134. The lowest BCUT2D eigenvalue weighted by Gasteiger charge is -2.23. The van der Waals surface area contributed by atoms with E-state index in [4.69, 9.17) is 4.74 Å². The van der Waals surface area contributed by atoms with Gasteiger partial charge in [-0.05, 0) is 24.6 Å². The topological polar surface area (TPSA) is 79.5 Å². The third-order valence-electron chi connectivity index (χ3n) is 3.35. The number of amides is 2. The Bertz CT molecular complexity index is 525. The number of carbonyl (C=O) groups excluding carboxylic acids is 2. The highest BCUT2D eigenvalue weighted by Crippen LogP contribution is 2.23. The molecule has 0 bridgehead atoms. The third-order valence-corrected chi connectivity index (χ3v) is 3.35. The molecular formula is C15H21N3O3. The molecule has 1 aromatic rings. The molecule has 0 saturated carbocycles. The number of anilines is 2. The standard InChI is InChI=1S/C15H21N3O3/c1-10-13(17-11(2)19)4-3-5-14(10)18-15(20)8-12-9-21-7-6-16-12/h3-5,12,16H,6-9H2,1-2H3,(H,17,19)(H,18,20). The van der Waals surface area contributed by atoms with Crippen molar-refractivity contribution in [2.45, 2.75) is 26.3 Å². The minimum Gasteiger partial charge on any atom is -0.378 e. The molecule has 1 aliphatic rings. The van der Waals surface area contributed by atoms with E-state index in [9.17, 15) is 9.59 Å². The number of benzene rings is 1. The van der Waals surface area contributed by atoms with Crippen molar-refractivity contribution in [1.82, 2.24) is 5.32 Å². The van der Waals surface area contributed by atoms with Gasteiger partial charge in [-0.15, -0.1) is 0 Å². The second-order valence-corrected chi connectivity index (χ2v) is 5.14. The quantitative estimate of drug-likeness (QED) is 0.780. The summed E-state index contributed by atoms with van der Waals surface area (Å²) in [6.07, 6.45) is 0.365. The average Bonchev–Trinajstić information content (AvgIpc) is 2.44. The number of nitrogens with one attached hydrogen (secondary N) is 3. The van der Waals surface area contributed by atoms with Crippen LogP contribution in [0.1, 0.15) is 18.9 Å². The maximum absolute atomic E-state index is 12.1. The van der Waals surface area contributed by atoms with Crippen molar-refractivity contribution in [3.05, 3.63) is 23.8 Å². The Hall–Kier alpha value is -1.92. The monoisotopic (exact) mass is 291 g/mol. The molecule has 1 unspecified atom stereocenters. The molecule has 2 amide bonds. The lowest BCUT2D eigenvalue weighted by atomic mass is 10.1. The van der Waals surface area contributed by atoms with E-state index in [0.717, 1.165) is 12.1 Å². The maximum atomic E-state index is 12.1. The van der Waals surface area contributed by atoms with E-state index in [1.807, 2.05) is 19.1 Å². The number of rotatable bonds is 4. The van der Waals surface area contributed by atoms with E-state index in [0.29, 0.717) is 31.0 Å². The predicted molar refractivity (Wildman–Crippen MR) is 81.3 cm³/mol. The van der Waals surface area contributed by atoms with E-state index in [1.54, 1.807) is 6.07 Å². The van der Waals surface area contributed by atoms with Crippen LogP contribution in [0.2, 0.25) is 0 Å². The van der Waals surface area contributed by atoms with Crippen LogP contribution in [0.15, 0.2) is 18.2 Å². The molecule has 21 heavy (non-hydrogen) atoms. The lowest BCUT2D eigenvalue weighted by Crippen LogP contribution is -2.43. The summed E-state index contributed by atoms with van der Waals surface area (Å²) in [5.74, 6) is -0.203. The van der Waals surface area contributed by atoms with Crippen molar-refractivity contribution >= 4 is 23.2 Å². The van der Waals surface area contributed by atoms with Crippen LogP contribution < -0.4 is 16.0 Å². The fourth-order valence-corrected chi connectivity index (χ4v) is 2.27. The number of hydrogen-bond donors (Lipinski definition) is 3. The zero-order valence-electron chi connectivity index (χ0n) is 12.4. The van der Waals surface area contributed by atoms with Crippen LogP contribution in [0.5, 0.6) is 0 Å². The summed E-state index contributed by atoms with van der Waals surface area (Å²) < 4.78 is 5.33. The summed E-state index contributed by atoms with van der Waals surface area (Å²) in [5.41, 5.74) is 2.26. The molecule has 6 heteroatoms. The molecule has 0 aliphatic carbocycles. The predicted octanol–water partition coefficient (Wildman–Crippen LogP) is 1.27. The minimum absolute atomic E-state index is 0.0533. The van der Waals surface area contributed by atoms with Crippen LogP contribution in [-0.2, 0) is 14.3 Å². The first kappa shape index (κ1) is 15.5. The first-order valence-electron chi connectivity index (χ1n) is 7.04. The summed E-state index contributed by atoms with van der Waals surface area (Å²) in [6, 6.07) is 5.49. The Morgan fingerprint density at radius 3 is 2.67 bits per heavy atom. The van der Waals surface area contributed by atoms with Crippen LogP contribution in [0.3, 0.4) is 0 Å². The fourth-order valence-electron chi connectivity index (χ4n) is 2.27. The molecule has 0 aromatic heterocycles. The second-order valence-electron chi connectivity index (χ2n) is 5.14. The van der Waals surface area contributed by atoms with Gasteiger partial charge in [-0.1, -0.05) is 6.07 Å². The zero-order valence-corrected chi connectivity index (χ0v) is 12.4. The molecule has 1 fully saturated rings. The molecule has 0 radical (unpaired) electrons. The molecule has 1 heterocycles. The molecule has 1 atom stereocenters. The molecule has 3 N–H and O–H groups in total. The van der Waals surface area contributed by atoms with Crippen molar-refractivity contribution in [2.75, 3.05) is 30.4 Å². The van der Waals surface area contributed by atoms with Crippen molar-refractivity contribution < 1.29 is 14.3 Å². The van der Waals surface area contributed by atoms with Crippen molar-refractivity contribution in [2.24, 2.45) is 0 Å². The first-order chi connectivity index (χ1) is 10.1. The molecule has 2 rings (SSSR count). The van der Waals surface area contributed by atoms with E-state index in [1.165, 1.54) is 6.92 Å². The summed E-state index contributed by atoms with van der Waals surface area (Å²) in [7, 11) is 0. The van der Waals surface area contributed by atoms with Crippen molar-refractivity contribution in [1.29, 1.82) is 0 Å². The van der Waals surface area contributed by atoms with E-state index in [2.05, 4.69) is 16.0 Å². The van der Waals surface area contributed by atoms with Gasteiger partial charge in [-0.2, -0.15) is 0 Å². The molecule has 114 valence electrons. The fraction of sp³-hybridized carbons (Fsp3) is 0.467. The summed E-state index contributed by atoms with van der Waals surface area (Å²) in [5, 5.41) is 8.88. The van der Waals surface area contributed by atoms with Gasteiger partial charge in [0.25, 0.3) is 0 Å². The molecule has 6 nitrogen and oxygen atoms in total. The second kappa shape index (κ2) is 7.19. The van der Waals surface area contributed by atoms with Gasteiger partial charge in [0.2, 0.25) is 11.8 Å². The van der Waals surface area contributed by atoms with E-state index < -0.39 is 0 Å². The highest BCUT2D eigenvalue weighted by Gasteiger charge is 2.17. The molecule has 1 saturated heterocycles. The number of ether oxygens (including phenoxy) is 1. The Balaban J connectivity index is 1.98. The largest absolute Gasteiger partial charge is 0.378 e. The van der Waals surface area contributed by atoms with Crippen LogP contribution in [0, 0.1) is 6.92 Å². The van der Waals surface area contributed by atoms with Gasteiger partial charge in [0.05, 0.1) is 13.2 Å². The van der Waals surface area contributed by atoms with Gasteiger partial charge in [0.15, 0.2) is 0 Å². The van der Waals surface area contributed by atoms with Gasteiger partial charge in [-0.25, -0.2) is 0 Å².